The monoisotopic (exact) mass is 310 g/mol. The highest BCUT2D eigenvalue weighted by atomic mass is 16.2. The summed E-state index contributed by atoms with van der Waals surface area (Å²) in [5, 5.41) is 4.38. The van der Waals surface area contributed by atoms with Crippen molar-refractivity contribution in [2.45, 2.75) is 57.9 Å². The molecule has 1 aromatic carbocycles. The van der Waals surface area contributed by atoms with Gasteiger partial charge in [-0.2, -0.15) is 0 Å². The summed E-state index contributed by atoms with van der Waals surface area (Å²) < 4.78 is 0. The molecule has 1 heterocycles. The second kappa shape index (κ2) is 7.12. The van der Waals surface area contributed by atoms with E-state index < -0.39 is 0 Å². The van der Waals surface area contributed by atoms with E-state index in [-0.39, 0.29) is 17.7 Å². The topological polar surface area (TPSA) is 42.0 Å². The molecule has 1 aromatic heterocycles. The molecule has 1 saturated carbocycles. The van der Waals surface area contributed by atoms with E-state index >= 15 is 0 Å². The largest absolute Gasteiger partial charge is 0.353 e. The summed E-state index contributed by atoms with van der Waals surface area (Å²) in [5.41, 5.74) is 2.00. The standard InChI is InChI=1S/C20H26N2O/c1-14(2)19(20(23)22-17-9-4-3-5-10-17)16-12-15-8-6-7-11-18(15)21-13-16/h6-8,11-14,17,19H,3-5,9-10H2,1-2H3,(H,22,23). The first kappa shape index (κ1) is 16.0. The number of carbonyl (C=O) groups is 1. The van der Waals surface area contributed by atoms with E-state index in [2.05, 4.69) is 36.3 Å². The maximum absolute atomic E-state index is 12.9. The van der Waals surface area contributed by atoms with Crippen LogP contribution in [-0.4, -0.2) is 16.9 Å². The van der Waals surface area contributed by atoms with Crippen LogP contribution in [0.25, 0.3) is 10.9 Å². The molecule has 23 heavy (non-hydrogen) atoms. The Balaban J connectivity index is 1.82. The van der Waals surface area contributed by atoms with Crippen molar-refractivity contribution in [1.29, 1.82) is 0 Å². The first-order valence-electron chi connectivity index (χ1n) is 8.80. The third kappa shape index (κ3) is 3.72. The molecule has 0 spiro atoms. The minimum atomic E-state index is -0.131. The summed E-state index contributed by atoms with van der Waals surface area (Å²) in [7, 11) is 0. The highest BCUT2D eigenvalue weighted by molar-refractivity contribution is 5.86. The number of rotatable bonds is 4. The number of fused-ring (bicyclic) bond motifs is 1. The van der Waals surface area contributed by atoms with Crippen LogP contribution in [0.5, 0.6) is 0 Å². The zero-order chi connectivity index (χ0) is 16.2. The van der Waals surface area contributed by atoms with Gasteiger partial charge in [-0.3, -0.25) is 9.78 Å². The third-order valence-electron chi connectivity index (χ3n) is 4.87. The van der Waals surface area contributed by atoms with Crippen molar-refractivity contribution in [1.82, 2.24) is 10.3 Å². The summed E-state index contributed by atoms with van der Waals surface area (Å²) in [6.07, 6.45) is 7.87. The van der Waals surface area contributed by atoms with Crippen LogP contribution < -0.4 is 5.32 Å². The Hall–Kier alpha value is -1.90. The van der Waals surface area contributed by atoms with Gasteiger partial charge in [0.15, 0.2) is 0 Å². The van der Waals surface area contributed by atoms with Gasteiger partial charge in [0.05, 0.1) is 11.4 Å². The number of pyridine rings is 1. The summed E-state index contributed by atoms with van der Waals surface area (Å²) in [6, 6.07) is 10.5. The average molecular weight is 310 g/mol. The van der Waals surface area contributed by atoms with E-state index in [0.717, 1.165) is 29.3 Å². The number of nitrogens with zero attached hydrogens (tertiary/aromatic N) is 1. The highest BCUT2D eigenvalue weighted by Gasteiger charge is 2.27. The number of benzene rings is 1. The van der Waals surface area contributed by atoms with Crippen LogP contribution in [0.2, 0.25) is 0 Å². The highest BCUT2D eigenvalue weighted by Crippen LogP contribution is 2.27. The number of carbonyl (C=O) groups excluding carboxylic acids is 1. The number of para-hydroxylation sites is 1. The molecule has 1 aliphatic rings. The van der Waals surface area contributed by atoms with E-state index in [1.807, 2.05) is 24.4 Å². The van der Waals surface area contributed by atoms with Crippen molar-refractivity contribution < 1.29 is 4.79 Å². The minimum absolute atomic E-state index is 0.131. The van der Waals surface area contributed by atoms with E-state index in [9.17, 15) is 4.79 Å². The second-order valence-electron chi connectivity index (χ2n) is 7.03. The number of hydrogen-bond acceptors (Lipinski definition) is 2. The van der Waals surface area contributed by atoms with Crippen molar-refractivity contribution in [2.24, 2.45) is 5.92 Å². The molecule has 3 nitrogen and oxygen atoms in total. The van der Waals surface area contributed by atoms with Gasteiger partial charge < -0.3 is 5.32 Å². The molecular weight excluding hydrogens is 284 g/mol. The van der Waals surface area contributed by atoms with Crippen LogP contribution in [0.1, 0.15) is 57.4 Å². The second-order valence-corrected chi connectivity index (χ2v) is 7.03. The van der Waals surface area contributed by atoms with Crippen molar-refractivity contribution in [3.63, 3.8) is 0 Å². The fraction of sp³-hybridized carbons (Fsp3) is 0.500. The smallest absolute Gasteiger partial charge is 0.228 e. The molecule has 1 unspecified atom stereocenters. The molecule has 1 aliphatic carbocycles. The number of amides is 1. The van der Waals surface area contributed by atoms with Gasteiger partial charge in [0.1, 0.15) is 0 Å². The van der Waals surface area contributed by atoms with E-state index in [0.29, 0.717) is 6.04 Å². The van der Waals surface area contributed by atoms with Crippen LogP contribution in [0.3, 0.4) is 0 Å². The normalized spacial score (nSPS) is 17.3. The van der Waals surface area contributed by atoms with Gasteiger partial charge in [-0.15, -0.1) is 0 Å². The van der Waals surface area contributed by atoms with Gasteiger partial charge in [0.25, 0.3) is 0 Å². The van der Waals surface area contributed by atoms with Crippen LogP contribution in [0.4, 0.5) is 0 Å². The van der Waals surface area contributed by atoms with Gasteiger partial charge in [0, 0.05) is 17.6 Å². The fourth-order valence-corrected chi connectivity index (χ4v) is 3.64. The molecular formula is C20H26N2O. The SMILES string of the molecule is CC(C)C(C(=O)NC1CCCCC1)c1cnc2ccccc2c1. The Morgan fingerprint density at radius 3 is 2.65 bits per heavy atom. The molecule has 1 amide bonds. The number of hydrogen-bond donors (Lipinski definition) is 1. The zero-order valence-corrected chi connectivity index (χ0v) is 14.1. The molecule has 1 N–H and O–H groups in total. The molecule has 1 atom stereocenters. The van der Waals surface area contributed by atoms with Crippen molar-refractivity contribution in [2.75, 3.05) is 0 Å². The lowest BCUT2D eigenvalue weighted by atomic mass is 9.87. The Labute approximate surface area is 138 Å². The summed E-state index contributed by atoms with van der Waals surface area (Å²) in [6.45, 7) is 4.22. The number of aromatic nitrogens is 1. The molecule has 0 saturated heterocycles. The quantitative estimate of drug-likeness (QED) is 0.908. The predicted octanol–water partition coefficient (Wildman–Crippen LogP) is 4.42. The van der Waals surface area contributed by atoms with E-state index in [4.69, 9.17) is 0 Å². The maximum atomic E-state index is 12.9. The molecule has 0 bridgehead atoms. The Kier molecular flexibility index (Phi) is 4.94. The summed E-state index contributed by atoms with van der Waals surface area (Å²) in [4.78, 5) is 17.4. The van der Waals surface area contributed by atoms with Gasteiger partial charge >= 0.3 is 0 Å². The lowest BCUT2D eigenvalue weighted by Crippen LogP contribution is -2.40. The Bertz CT molecular complexity index is 674. The number of nitrogens with one attached hydrogen (secondary N) is 1. The van der Waals surface area contributed by atoms with E-state index in [1.165, 1.54) is 19.3 Å². The maximum Gasteiger partial charge on any atom is 0.228 e. The molecule has 1 fully saturated rings. The van der Waals surface area contributed by atoms with Gasteiger partial charge in [-0.05, 0) is 36.5 Å². The Morgan fingerprint density at radius 1 is 1.17 bits per heavy atom. The predicted molar refractivity (Wildman–Crippen MR) is 94.3 cm³/mol. The first-order chi connectivity index (χ1) is 11.1. The molecule has 0 aliphatic heterocycles. The van der Waals surface area contributed by atoms with Crippen LogP contribution >= 0.6 is 0 Å². The molecule has 3 rings (SSSR count). The average Bonchev–Trinajstić information content (AvgIpc) is 2.55. The van der Waals surface area contributed by atoms with Crippen molar-refractivity contribution in [3.05, 3.63) is 42.1 Å². The van der Waals surface area contributed by atoms with Gasteiger partial charge in [-0.25, -0.2) is 0 Å². The van der Waals surface area contributed by atoms with Gasteiger partial charge in [-0.1, -0.05) is 51.3 Å². The summed E-state index contributed by atoms with van der Waals surface area (Å²) in [5.74, 6) is 0.277. The van der Waals surface area contributed by atoms with Gasteiger partial charge in [0.2, 0.25) is 5.91 Å². The van der Waals surface area contributed by atoms with Crippen LogP contribution in [0.15, 0.2) is 36.5 Å². The van der Waals surface area contributed by atoms with E-state index in [1.54, 1.807) is 0 Å². The molecule has 0 radical (unpaired) electrons. The molecule has 122 valence electrons. The van der Waals surface area contributed by atoms with Crippen molar-refractivity contribution >= 4 is 16.8 Å². The lowest BCUT2D eigenvalue weighted by Gasteiger charge is -2.27. The van der Waals surface area contributed by atoms with Crippen LogP contribution in [-0.2, 0) is 4.79 Å². The zero-order valence-electron chi connectivity index (χ0n) is 14.1. The summed E-state index contributed by atoms with van der Waals surface area (Å²) >= 11 is 0. The third-order valence-corrected chi connectivity index (χ3v) is 4.87. The lowest BCUT2D eigenvalue weighted by molar-refractivity contribution is -0.124. The minimum Gasteiger partial charge on any atom is -0.353 e. The first-order valence-corrected chi connectivity index (χ1v) is 8.80. The molecule has 3 heteroatoms. The Morgan fingerprint density at radius 2 is 1.91 bits per heavy atom. The van der Waals surface area contributed by atoms with Crippen molar-refractivity contribution in [3.8, 4) is 0 Å². The fourth-order valence-electron chi connectivity index (χ4n) is 3.64. The molecule has 2 aromatic rings. The van der Waals surface area contributed by atoms with Crippen LogP contribution in [0, 0.1) is 5.92 Å².